The first-order chi connectivity index (χ1) is 8.79. The van der Waals surface area contributed by atoms with Crippen molar-refractivity contribution >= 4 is 21.7 Å². The van der Waals surface area contributed by atoms with E-state index in [4.69, 9.17) is 5.11 Å². The third kappa shape index (κ3) is 3.79. The molecule has 0 aromatic carbocycles. The van der Waals surface area contributed by atoms with Crippen LogP contribution in [0.25, 0.3) is 0 Å². The number of likely N-dealkylation sites (tertiary alicyclic amines) is 1. The Balaban J connectivity index is 2.77. The van der Waals surface area contributed by atoms with Gasteiger partial charge in [-0.2, -0.15) is 0 Å². The SMILES string of the molecule is C=CCS(=O)(=O)C(C)C(=O)N1CCCC(C(=O)O)C1. The average Bonchev–Trinajstić information content (AvgIpc) is 2.37. The third-order valence-electron chi connectivity index (χ3n) is 3.32. The maximum absolute atomic E-state index is 12.1. The minimum absolute atomic E-state index is 0.0854. The van der Waals surface area contributed by atoms with Crippen LogP contribution in [0.2, 0.25) is 0 Å². The Labute approximate surface area is 113 Å². The highest BCUT2D eigenvalue weighted by molar-refractivity contribution is 7.92. The Kier molecular flexibility index (Phi) is 5.11. The number of amides is 1. The summed E-state index contributed by atoms with van der Waals surface area (Å²) in [5.41, 5.74) is 0. The second-order valence-corrected chi connectivity index (χ2v) is 7.09. The van der Waals surface area contributed by atoms with Crippen molar-refractivity contribution in [1.29, 1.82) is 0 Å². The summed E-state index contributed by atoms with van der Waals surface area (Å²) in [4.78, 5) is 24.4. The van der Waals surface area contributed by atoms with Gasteiger partial charge in [0.25, 0.3) is 0 Å². The minimum atomic E-state index is -3.55. The fourth-order valence-corrected chi connectivity index (χ4v) is 3.17. The van der Waals surface area contributed by atoms with Gasteiger partial charge in [0.15, 0.2) is 9.84 Å². The number of piperidine rings is 1. The van der Waals surface area contributed by atoms with E-state index in [0.717, 1.165) is 0 Å². The molecule has 2 unspecified atom stereocenters. The molecule has 1 amide bonds. The van der Waals surface area contributed by atoms with Crippen LogP contribution >= 0.6 is 0 Å². The molecule has 1 heterocycles. The minimum Gasteiger partial charge on any atom is -0.481 e. The monoisotopic (exact) mass is 289 g/mol. The first kappa shape index (κ1) is 15.7. The number of sulfone groups is 1. The molecule has 6 nitrogen and oxygen atoms in total. The summed E-state index contributed by atoms with van der Waals surface area (Å²) in [5, 5.41) is 7.80. The summed E-state index contributed by atoms with van der Waals surface area (Å²) in [6.45, 7) is 5.19. The van der Waals surface area contributed by atoms with E-state index in [1.807, 2.05) is 0 Å². The number of hydrogen-bond acceptors (Lipinski definition) is 4. The van der Waals surface area contributed by atoms with Crippen LogP contribution in [0.5, 0.6) is 0 Å². The summed E-state index contributed by atoms with van der Waals surface area (Å²) >= 11 is 0. The van der Waals surface area contributed by atoms with Gasteiger partial charge in [0.2, 0.25) is 5.91 Å². The van der Waals surface area contributed by atoms with E-state index in [2.05, 4.69) is 6.58 Å². The summed E-state index contributed by atoms with van der Waals surface area (Å²) in [7, 11) is -3.55. The van der Waals surface area contributed by atoms with E-state index in [1.165, 1.54) is 17.9 Å². The Hall–Kier alpha value is -1.37. The van der Waals surface area contributed by atoms with Gasteiger partial charge in [0, 0.05) is 13.1 Å². The second kappa shape index (κ2) is 6.18. The van der Waals surface area contributed by atoms with Gasteiger partial charge < -0.3 is 10.0 Å². The van der Waals surface area contributed by atoms with Crippen LogP contribution in [0.4, 0.5) is 0 Å². The molecule has 19 heavy (non-hydrogen) atoms. The first-order valence-corrected chi connectivity index (χ1v) is 7.85. The molecule has 0 saturated carbocycles. The van der Waals surface area contributed by atoms with Crippen LogP contribution in [-0.4, -0.2) is 54.4 Å². The summed E-state index contributed by atoms with van der Waals surface area (Å²) in [5.74, 6) is -2.32. The third-order valence-corrected chi connectivity index (χ3v) is 5.30. The highest BCUT2D eigenvalue weighted by Gasteiger charge is 2.34. The predicted octanol–water partition coefficient (Wildman–Crippen LogP) is 0.299. The van der Waals surface area contributed by atoms with Gasteiger partial charge in [-0.15, -0.1) is 6.58 Å². The highest BCUT2D eigenvalue weighted by Crippen LogP contribution is 2.19. The first-order valence-electron chi connectivity index (χ1n) is 6.13. The Bertz CT molecular complexity index is 471. The van der Waals surface area contributed by atoms with E-state index in [9.17, 15) is 18.0 Å². The van der Waals surface area contributed by atoms with E-state index < -0.39 is 32.9 Å². The predicted molar refractivity (Wildman–Crippen MR) is 70.4 cm³/mol. The van der Waals surface area contributed by atoms with Gasteiger partial charge >= 0.3 is 5.97 Å². The fourth-order valence-electron chi connectivity index (χ4n) is 2.10. The zero-order valence-electron chi connectivity index (χ0n) is 10.9. The van der Waals surface area contributed by atoms with E-state index in [-0.39, 0.29) is 12.3 Å². The van der Waals surface area contributed by atoms with E-state index >= 15 is 0 Å². The number of rotatable bonds is 5. The van der Waals surface area contributed by atoms with Crippen molar-refractivity contribution in [2.45, 2.75) is 25.0 Å². The molecule has 2 atom stereocenters. The van der Waals surface area contributed by atoms with Crippen molar-refractivity contribution in [2.24, 2.45) is 5.92 Å². The van der Waals surface area contributed by atoms with Crippen molar-refractivity contribution in [1.82, 2.24) is 4.90 Å². The molecule has 0 aromatic rings. The van der Waals surface area contributed by atoms with Gasteiger partial charge in [-0.25, -0.2) is 8.42 Å². The lowest BCUT2D eigenvalue weighted by molar-refractivity contribution is -0.145. The van der Waals surface area contributed by atoms with Gasteiger partial charge in [-0.1, -0.05) is 6.08 Å². The van der Waals surface area contributed by atoms with Gasteiger partial charge in [-0.3, -0.25) is 9.59 Å². The lowest BCUT2D eigenvalue weighted by Gasteiger charge is -2.32. The lowest BCUT2D eigenvalue weighted by Crippen LogP contribution is -2.48. The maximum atomic E-state index is 12.1. The van der Waals surface area contributed by atoms with E-state index in [0.29, 0.717) is 19.4 Å². The molecule has 7 heteroatoms. The molecule has 108 valence electrons. The molecule has 1 saturated heterocycles. The Morgan fingerprint density at radius 1 is 1.53 bits per heavy atom. The zero-order valence-corrected chi connectivity index (χ0v) is 11.7. The smallest absolute Gasteiger partial charge is 0.308 e. The molecule has 0 radical (unpaired) electrons. The van der Waals surface area contributed by atoms with Crippen molar-refractivity contribution in [3.63, 3.8) is 0 Å². The fraction of sp³-hybridized carbons (Fsp3) is 0.667. The van der Waals surface area contributed by atoms with E-state index in [1.54, 1.807) is 0 Å². The van der Waals surface area contributed by atoms with Gasteiger partial charge in [-0.05, 0) is 19.8 Å². The molecule has 0 aliphatic carbocycles. The molecule has 1 rings (SSSR count). The summed E-state index contributed by atoms with van der Waals surface area (Å²) in [6.07, 6.45) is 2.35. The summed E-state index contributed by atoms with van der Waals surface area (Å²) in [6, 6.07) is 0. The average molecular weight is 289 g/mol. The maximum Gasteiger partial charge on any atom is 0.308 e. The normalized spacial score (nSPS) is 21.7. The number of nitrogens with zero attached hydrogens (tertiary/aromatic N) is 1. The van der Waals surface area contributed by atoms with Crippen molar-refractivity contribution in [3.8, 4) is 0 Å². The van der Waals surface area contributed by atoms with Crippen LogP contribution in [0.1, 0.15) is 19.8 Å². The molecule has 0 aromatic heterocycles. The highest BCUT2D eigenvalue weighted by atomic mass is 32.2. The Morgan fingerprint density at radius 3 is 2.68 bits per heavy atom. The molecule has 1 aliphatic heterocycles. The second-order valence-electron chi connectivity index (χ2n) is 4.72. The largest absolute Gasteiger partial charge is 0.481 e. The van der Waals surface area contributed by atoms with Gasteiger partial charge in [0.05, 0.1) is 11.7 Å². The molecular formula is C12H19NO5S. The van der Waals surface area contributed by atoms with Gasteiger partial charge in [0.1, 0.15) is 5.25 Å². The quantitative estimate of drug-likeness (QED) is 0.735. The van der Waals surface area contributed by atoms with Crippen molar-refractivity contribution < 1.29 is 23.1 Å². The number of carbonyl (C=O) groups excluding carboxylic acids is 1. The molecule has 1 N–H and O–H groups in total. The molecule has 0 bridgehead atoms. The van der Waals surface area contributed by atoms with Crippen LogP contribution in [-0.2, 0) is 19.4 Å². The number of hydrogen-bond donors (Lipinski definition) is 1. The zero-order chi connectivity index (χ0) is 14.6. The number of aliphatic carboxylic acids is 1. The van der Waals surface area contributed by atoms with Crippen LogP contribution in [0.3, 0.4) is 0 Å². The molecular weight excluding hydrogens is 270 g/mol. The van der Waals surface area contributed by atoms with Crippen LogP contribution < -0.4 is 0 Å². The van der Waals surface area contributed by atoms with Crippen LogP contribution in [0, 0.1) is 5.92 Å². The number of carboxylic acids is 1. The number of carboxylic acid groups (broad SMARTS) is 1. The summed E-state index contributed by atoms with van der Waals surface area (Å²) < 4.78 is 23.6. The van der Waals surface area contributed by atoms with Crippen LogP contribution in [0.15, 0.2) is 12.7 Å². The topological polar surface area (TPSA) is 91.8 Å². The molecule has 1 fully saturated rings. The van der Waals surface area contributed by atoms with Crippen molar-refractivity contribution in [3.05, 3.63) is 12.7 Å². The Morgan fingerprint density at radius 2 is 2.16 bits per heavy atom. The molecule has 0 spiro atoms. The lowest BCUT2D eigenvalue weighted by atomic mass is 9.98. The van der Waals surface area contributed by atoms with Crippen molar-refractivity contribution in [2.75, 3.05) is 18.8 Å². The number of carbonyl (C=O) groups is 2. The molecule has 1 aliphatic rings. The standard InChI is InChI=1S/C12H19NO5S/c1-3-7-19(17,18)9(2)11(14)13-6-4-5-10(8-13)12(15)16/h3,9-10H,1,4-8H2,2H3,(H,15,16).